The lowest BCUT2D eigenvalue weighted by molar-refractivity contribution is -0.137. The van der Waals surface area contributed by atoms with Gasteiger partial charge in [-0.1, -0.05) is 36.4 Å². The zero-order valence-corrected chi connectivity index (χ0v) is 18.8. The maximum absolute atomic E-state index is 13.2. The van der Waals surface area contributed by atoms with Crippen molar-refractivity contribution in [3.05, 3.63) is 93.6 Å². The fraction of sp³-hybridized carbons (Fsp3) is 0.200. The first kappa shape index (κ1) is 22.9. The van der Waals surface area contributed by atoms with Gasteiger partial charge in [-0.3, -0.25) is 14.5 Å². The largest absolute Gasteiger partial charge is 0.416 e. The first-order chi connectivity index (χ1) is 15.6. The standard InChI is InChI=1S/C25H21F3N2O2S/c1-16-13-19(17(2)30(16)21-10-6-9-20(15-21)25(26,27)28)14-22-23(31)29(24(32)33-22)12-11-18-7-4-3-5-8-18/h3-10,13-15H,11-12H2,1-2H3/b22-14-. The minimum absolute atomic E-state index is 0.287. The van der Waals surface area contributed by atoms with E-state index in [9.17, 15) is 22.8 Å². The fourth-order valence-electron chi connectivity index (χ4n) is 3.87. The Morgan fingerprint density at radius 3 is 2.39 bits per heavy atom. The molecule has 1 saturated heterocycles. The molecule has 0 saturated carbocycles. The van der Waals surface area contributed by atoms with Crippen LogP contribution < -0.4 is 0 Å². The highest BCUT2D eigenvalue weighted by Crippen LogP contribution is 2.35. The monoisotopic (exact) mass is 470 g/mol. The molecule has 0 atom stereocenters. The van der Waals surface area contributed by atoms with Crippen LogP contribution in [0.2, 0.25) is 0 Å². The van der Waals surface area contributed by atoms with E-state index in [-0.39, 0.29) is 17.7 Å². The molecule has 2 amide bonds. The van der Waals surface area contributed by atoms with Crippen LogP contribution in [0.25, 0.3) is 11.8 Å². The van der Waals surface area contributed by atoms with Gasteiger partial charge in [0.05, 0.1) is 10.5 Å². The summed E-state index contributed by atoms with van der Waals surface area (Å²) < 4.78 is 41.2. The molecule has 0 aliphatic carbocycles. The number of amides is 2. The Morgan fingerprint density at radius 1 is 0.970 bits per heavy atom. The summed E-state index contributed by atoms with van der Waals surface area (Å²) in [4.78, 5) is 26.8. The van der Waals surface area contributed by atoms with Crippen molar-refractivity contribution in [1.82, 2.24) is 9.47 Å². The lowest BCUT2D eigenvalue weighted by Crippen LogP contribution is -2.30. The minimum atomic E-state index is -4.44. The van der Waals surface area contributed by atoms with E-state index < -0.39 is 11.7 Å². The third-order valence-electron chi connectivity index (χ3n) is 5.53. The molecular formula is C25H21F3N2O2S. The molecule has 2 heterocycles. The van der Waals surface area contributed by atoms with Crippen molar-refractivity contribution in [3.8, 4) is 5.69 Å². The Kier molecular flexibility index (Phi) is 6.21. The predicted molar refractivity (Wildman–Crippen MR) is 123 cm³/mol. The maximum atomic E-state index is 13.2. The summed E-state index contributed by atoms with van der Waals surface area (Å²) in [6.07, 6.45) is -2.23. The molecule has 33 heavy (non-hydrogen) atoms. The summed E-state index contributed by atoms with van der Waals surface area (Å²) in [7, 11) is 0. The number of nitrogens with zero attached hydrogens (tertiary/aromatic N) is 2. The maximum Gasteiger partial charge on any atom is 0.416 e. The van der Waals surface area contributed by atoms with Crippen molar-refractivity contribution in [1.29, 1.82) is 0 Å². The fourth-order valence-corrected chi connectivity index (χ4v) is 4.73. The Balaban J connectivity index is 1.59. The summed E-state index contributed by atoms with van der Waals surface area (Å²) in [5, 5.41) is -0.325. The molecular weight excluding hydrogens is 449 g/mol. The number of imide groups is 1. The van der Waals surface area contributed by atoms with Crippen LogP contribution in [0.5, 0.6) is 0 Å². The average molecular weight is 471 g/mol. The van der Waals surface area contributed by atoms with Crippen molar-refractivity contribution in [2.24, 2.45) is 0 Å². The van der Waals surface area contributed by atoms with Crippen molar-refractivity contribution >= 4 is 29.0 Å². The Hall–Kier alpha value is -3.26. The van der Waals surface area contributed by atoms with Gasteiger partial charge in [0.2, 0.25) is 0 Å². The molecule has 0 N–H and O–H groups in total. The van der Waals surface area contributed by atoms with Gasteiger partial charge in [0.15, 0.2) is 0 Å². The van der Waals surface area contributed by atoms with Gasteiger partial charge >= 0.3 is 6.18 Å². The molecule has 8 heteroatoms. The van der Waals surface area contributed by atoms with Crippen LogP contribution in [0.15, 0.2) is 65.6 Å². The number of alkyl halides is 3. The molecule has 1 aliphatic rings. The van der Waals surface area contributed by atoms with Crippen LogP contribution in [0.3, 0.4) is 0 Å². The SMILES string of the molecule is Cc1cc(/C=C2\SC(=O)N(CCc3ccccc3)C2=O)c(C)n1-c1cccc(C(F)(F)F)c1. The number of carbonyl (C=O) groups excluding carboxylic acids is 2. The number of rotatable bonds is 5. The first-order valence-electron chi connectivity index (χ1n) is 10.3. The summed E-state index contributed by atoms with van der Waals surface area (Å²) in [5.74, 6) is -0.357. The molecule has 1 aromatic heterocycles. The topological polar surface area (TPSA) is 42.3 Å². The molecule has 0 radical (unpaired) electrons. The zero-order valence-electron chi connectivity index (χ0n) is 18.0. The predicted octanol–water partition coefficient (Wildman–Crippen LogP) is 6.39. The smallest absolute Gasteiger partial charge is 0.318 e. The van der Waals surface area contributed by atoms with Gasteiger partial charge < -0.3 is 4.57 Å². The third-order valence-corrected chi connectivity index (χ3v) is 6.44. The third kappa shape index (κ3) is 4.75. The summed E-state index contributed by atoms with van der Waals surface area (Å²) in [5.41, 5.74) is 2.77. The lowest BCUT2D eigenvalue weighted by Gasteiger charge is -2.13. The van der Waals surface area contributed by atoms with E-state index in [1.54, 1.807) is 36.6 Å². The van der Waals surface area contributed by atoms with E-state index in [0.717, 1.165) is 35.2 Å². The van der Waals surface area contributed by atoms with Crippen molar-refractivity contribution in [2.75, 3.05) is 6.54 Å². The van der Waals surface area contributed by atoms with Gasteiger partial charge in [-0.05, 0) is 73.5 Å². The Labute approximate surface area is 193 Å². The number of halogens is 3. The van der Waals surface area contributed by atoms with Gasteiger partial charge in [0, 0.05) is 23.6 Å². The molecule has 0 spiro atoms. The quantitative estimate of drug-likeness (QED) is 0.406. The van der Waals surface area contributed by atoms with E-state index in [2.05, 4.69) is 0 Å². The highest BCUT2D eigenvalue weighted by Gasteiger charge is 2.35. The Morgan fingerprint density at radius 2 is 1.70 bits per heavy atom. The van der Waals surface area contributed by atoms with Gasteiger partial charge in [0.1, 0.15) is 0 Å². The van der Waals surface area contributed by atoms with Crippen molar-refractivity contribution < 1.29 is 22.8 Å². The number of aromatic nitrogens is 1. The summed E-state index contributed by atoms with van der Waals surface area (Å²) in [6, 6.07) is 16.5. The summed E-state index contributed by atoms with van der Waals surface area (Å²) >= 11 is 0.878. The number of carbonyl (C=O) groups is 2. The van der Waals surface area contributed by atoms with Crippen molar-refractivity contribution in [2.45, 2.75) is 26.4 Å². The van der Waals surface area contributed by atoms with E-state index in [1.165, 1.54) is 11.0 Å². The van der Waals surface area contributed by atoms with Gasteiger partial charge in [-0.2, -0.15) is 13.2 Å². The van der Waals surface area contributed by atoms with Gasteiger partial charge in [-0.15, -0.1) is 0 Å². The molecule has 1 aliphatic heterocycles. The van der Waals surface area contributed by atoms with Crippen LogP contribution >= 0.6 is 11.8 Å². The van der Waals surface area contributed by atoms with Crippen LogP contribution in [-0.4, -0.2) is 27.2 Å². The summed E-state index contributed by atoms with van der Waals surface area (Å²) in [6.45, 7) is 3.85. The van der Waals surface area contributed by atoms with Crippen molar-refractivity contribution in [3.63, 3.8) is 0 Å². The van der Waals surface area contributed by atoms with E-state index in [4.69, 9.17) is 0 Å². The number of thioether (sulfide) groups is 1. The van der Waals surface area contributed by atoms with Crippen LogP contribution in [-0.2, 0) is 17.4 Å². The van der Waals surface area contributed by atoms with Gasteiger partial charge in [0.25, 0.3) is 11.1 Å². The number of hydrogen-bond acceptors (Lipinski definition) is 3. The molecule has 0 bridgehead atoms. The molecule has 4 rings (SSSR count). The second kappa shape index (κ2) is 8.94. The normalized spacial score (nSPS) is 15.7. The van der Waals surface area contributed by atoms with E-state index >= 15 is 0 Å². The molecule has 3 aromatic rings. The molecule has 0 unspecified atom stereocenters. The van der Waals surface area contributed by atoms with E-state index in [1.807, 2.05) is 30.3 Å². The Bertz CT molecular complexity index is 1250. The number of aryl methyl sites for hydroxylation is 1. The average Bonchev–Trinajstić information content (AvgIpc) is 3.20. The molecule has 4 nitrogen and oxygen atoms in total. The van der Waals surface area contributed by atoms with Crippen LogP contribution in [0.1, 0.15) is 28.1 Å². The van der Waals surface area contributed by atoms with E-state index in [0.29, 0.717) is 28.3 Å². The number of benzene rings is 2. The van der Waals surface area contributed by atoms with Crippen LogP contribution in [0, 0.1) is 13.8 Å². The highest BCUT2D eigenvalue weighted by atomic mass is 32.2. The van der Waals surface area contributed by atoms with Crippen LogP contribution in [0.4, 0.5) is 18.0 Å². The lowest BCUT2D eigenvalue weighted by atomic mass is 10.1. The number of hydrogen-bond donors (Lipinski definition) is 0. The second-order valence-electron chi connectivity index (χ2n) is 7.78. The highest BCUT2D eigenvalue weighted by molar-refractivity contribution is 8.18. The minimum Gasteiger partial charge on any atom is -0.318 e. The first-order valence-corrected chi connectivity index (χ1v) is 11.1. The van der Waals surface area contributed by atoms with Gasteiger partial charge in [-0.25, -0.2) is 0 Å². The second-order valence-corrected chi connectivity index (χ2v) is 8.77. The molecule has 170 valence electrons. The molecule has 1 fully saturated rings. The zero-order chi connectivity index (χ0) is 23.8. The molecule has 2 aromatic carbocycles.